The van der Waals surface area contributed by atoms with Gasteiger partial charge in [-0.3, -0.25) is 4.84 Å². The van der Waals surface area contributed by atoms with Crippen LogP contribution in [0.5, 0.6) is 0 Å². The maximum Gasteiger partial charge on any atom is 0.109 e. The van der Waals surface area contributed by atoms with Crippen LogP contribution in [0.3, 0.4) is 0 Å². The minimum absolute atomic E-state index is 0.208. The highest BCUT2D eigenvalue weighted by Gasteiger charge is 2.24. The quantitative estimate of drug-likeness (QED) is 0.480. The van der Waals surface area contributed by atoms with Gasteiger partial charge in [0, 0.05) is 11.8 Å². The van der Waals surface area contributed by atoms with Gasteiger partial charge < -0.3 is 5.21 Å². The third kappa shape index (κ3) is 3.84. The fourth-order valence-corrected chi connectivity index (χ4v) is 1.58. The Morgan fingerprint density at radius 2 is 1.94 bits per heavy atom. The predicted octanol–water partition coefficient (Wildman–Crippen LogP) is 2.88. The molecular formula is C13H20N2O2. The maximum atomic E-state index is 9.04. The Morgan fingerprint density at radius 3 is 2.35 bits per heavy atom. The molecule has 3 N–H and O–H groups in total. The Hall–Kier alpha value is -1.39. The van der Waals surface area contributed by atoms with E-state index in [9.17, 15) is 0 Å². The van der Waals surface area contributed by atoms with Crippen LogP contribution in [0.4, 0.5) is 0 Å². The first-order valence-electron chi connectivity index (χ1n) is 5.61. The summed E-state index contributed by atoms with van der Waals surface area (Å²) in [5.74, 6) is 5.31. The van der Waals surface area contributed by atoms with Gasteiger partial charge in [-0.2, -0.15) is 0 Å². The molecule has 0 aliphatic carbocycles. The molecule has 17 heavy (non-hydrogen) atoms. The first-order valence-corrected chi connectivity index (χ1v) is 5.61. The van der Waals surface area contributed by atoms with Crippen molar-refractivity contribution in [2.45, 2.75) is 33.3 Å². The molecule has 0 amide bonds. The molecule has 0 aliphatic heterocycles. The SMILES string of the molecule is CC(C)(C)C(CC(ON)c1ccccc1)=NO. The predicted molar refractivity (Wildman–Crippen MR) is 67.7 cm³/mol. The van der Waals surface area contributed by atoms with Crippen LogP contribution in [0, 0.1) is 5.41 Å². The van der Waals surface area contributed by atoms with Crippen molar-refractivity contribution in [3.63, 3.8) is 0 Å². The molecule has 0 heterocycles. The Kier molecular flexibility index (Phi) is 4.66. The Morgan fingerprint density at radius 1 is 1.35 bits per heavy atom. The summed E-state index contributed by atoms with van der Waals surface area (Å²) in [7, 11) is 0. The zero-order chi connectivity index (χ0) is 12.9. The molecule has 0 bridgehead atoms. The number of benzene rings is 1. The van der Waals surface area contributed by atoms with Gasteiger partial charge in [0.1, 0.15) is 6.10 Å². The van der Waals surface area contributed by atoms with Crippen molar-refractivity contribution in [2.75, 3.05) is 0 Å². The lowest BCUT2D eigenvalue weighted by atomic mass is 9.85. The van der Waals surface area contributed by atoms with Crippen molar-refractivity contribution in [3.05, 3.63) is 35.9 Å². The molecule has 94 valence electrons. The van der Waals surface area contributed by atoms with Gasteiger partial charge in [0.2, 0.25) is 0 Å². The smallest absolute Gasteiger partial charge is 0.109 e. The van der Waals surface area contributed by atoms with Crippen molar-refractivity contribution >= 4 is 5.71 Å². The van der Waals surface area contributed by atoms with Crippen LogP contribution in [0.1, 0.15) is 38.9 Å². The molecule has 0 radical (unpaired) electrons. The Bertz CT molecular complexity index is 369. The van der Waals surface area contributed by atoms with Gasteiger partial charge in [0.15, 0.2) is 0 Å². The zero-order valence-electron chi connectivity index (χ0n) is 10.6. The van der Waals surface area contributed by atoms with Crippen LogP contribution >= 0.6 is 0 Å². The van der Waals surface area contributed by atoms with Crippen molar-refractivity contribution in [2.24, 2.45) is 16.5 Å². The van der Waals surface area contributed by atoms with E-state index in [-0.39, 0.29) is 11.5 Å². The van der Waals surface area contributed by atoms with Gasteiger partial charge in [-0.05, 0) is 5.56 Å². The molecule has 1 unspecified atom stereocenters. The van der Waals surface area contributed by atoms with Crippen LogP contribution < -0.4 is 5.90 Å². The lowest BCUT2D eigenvalue weighted by molar-refractivity contribution is 0.0560. The fraction of sp³-hybridized carbons (Fsp3) is 0.462. The minimum Gasteiger partial charge on any atom is -0.411 e. The third-order valence-electron chi connectivity index (χ3n) is 2.70. The molecule has 0 spiro atoms. The number of nitrogens with zero attached hydrogens (tertiary/aromatic N) is 1. The van der Waals surface area contributed by atoms with Crippen molar-refractivity contribution in [1.29, 1.82) is 0 Å². The summed E-state index contributed by atoms with van der Waals surface area (Å²) >= 11 is 0. The number of nitrogens with two attached hydrogens (primary N) is 1. The molecule has 0 saturated carbocycles. The van der Waals surface area contributed by atoms with Crippen molar-refractivity contribution in [3.8, 4) is 0 Å². The summed E-state index contributed by atoms with van der Waals surface area (Å²) in [6, 6.07) is 9.66. The molecular weight excluding hydrogens is 216 g/mol. The molecule has 0 aliphatic rings. The van der Waals surface area contributed by atoms with Crippen molar-refractivity contribution in [1.82, 2.24) is 0 Å². The van der Waals surface area contributed by atoms with E-state index in [0.29, 0.717) is 12.1 Å². The molecule has 1 aromatic rings. The molecule has 1 rings (SSSR count). The lowest BCUT2D eigenvalue weighted by Gasteiger charge is -2.23. The van der Waals surface area contributed by atoms with E-state index in [1.165, 1.54) is 0 Å². The van der Waals surface area contributed by atoms with Gasteiger partial charge >= 0.3 is 0 Å². The standard InChI is InChI=1S/C13H20N2O2/c1-13(2,3)12(15-16)9-11(17-14)10-7-5-4-6-8-10/h4-8,11,16H,9,14H2,1-3H3. The second kappa shape index (κ2) is 5.80. The summed E-state index contributed by atoms with van der Waals surface area (Å²) in [6.45, 7) is 5.96. The monoisotopic (exact) mass is 236 g/mol. The Labute approximate surface area is 102 Å². The highest BCUT2D eigenvalue weighted by Crippen LogP contribution is 2.26. The minimum atomic E-state index is -0.290. The topological polar surface area (TPSA) is 67.8 Å². The molecule has 0 aromatic heterocycles. The molecule has 0 saturated heterocycles. The highest BCUT2D eigenvalue weighted by molar-refractivity contribution is 5.89. The molecule has 0 fully saturated rings. The summed E-state index contributed by atoms with van der Waals surface area (Å²) in [5, 5.41) is 12.4. The third-order valence-corrected chi connectivity index (χ3v) is 2.70. The van der Waals surface area contributed by atoms with Gasteiger partial charge in [0.05, 0.1) is 5.71 Å². The Balaban J connectivity index is 2.85. The molecule has 4 heteroatoms. The van der Waals surface area contributed by atoms with Crippen LogP contribution in [0.2, 0.25) is 0 Å². The van der Waals surface area contributed by atoms with Gasteiger partial charge in [0.25, 0.3) is 0 Å². The normalized spacial score (nSPS) is 14.7. The average Bonchev–Trinajstić information content (AvgIpc) is 2.30. The van der Waals surface area contributed by atoms with Crippen LogP contribution in [-0.4, -0.2) is 10.9 Å². The lowest BCUT2D eigenvalue weighted by Crippen LogP contribution is -2.24. The van der Waals surface area contributed by atoms with Crippen LogP contribution in [0.25, 0.3) is 0 Å². The first kappa shape index (κ1) is 13.7. The van der Waals surface area contributed by atoms with Gasteiger partial charge in [-0.25, -0.2) is 5.90 Å². The molecule has 4 nitrogen and oxygen atoms in total. The van der Waals surface area contributed by atoms with E-state index in [1.807, 2.05) is 51.1 Å². The summed E-state index contributed by atoms with van der Waals surface area (Å²) in [6.07, 6.45) is 0.182. The number of hydrogen-bond acceptors (Lipinski definition) is 4. The van der Waals surface area contributed by atoms with E-state index >= 15 is 0 Å². The highest BCUT2D eigenvalue weighted by atomic mass is 16.6. The van der Waals surface area contributed by atoms with Crippen molar-refractivity contribution < 1.29 is 10.0 Å². The molecule has 1 atom stereocenters. The van der Waals surface area contributed by atoms with Gasteiger partial charge in [-0.15, -0.1) is 0 Å². The summed E-state index contributed by atoms with van der Waals surface area (Å²) in [4.78, 5) is 4.97. The van der Waals surface area contributed by atoms with E-state index in [1.54, 1.807) is 0 Å². The summed E-state index contributed by atoms with van der Waals surface area (Å²) in [5.41, 5.74) is 1.43. The zero-order valence-corrected chi connectivity index (χ0v) is 10.6. The first-order chi connectivity index (χ1) is 7.99. The number of rotatable bonds is 4. The molecule has 1 aromatic carbocycles. The number of hydrogen-bond donors (Lipinski definition) is 2. The van der Waals surface area contributed by atoms with Crippen LogP contribution in [-0.2, 0) is 4.84 Å². The van der Waals surface area contributed by atoms with E-state index in [2.05, 4.69) is 5.16 Å². The average molecular weight is 236 g/mol. The van der Waals surface area contributed by atoms with E-state index < -0.39 is 0 Å². The maximum absolute atomic E-state index is 9.04. The second-order valence-electron chi connectivity index (χ2n) is 5.04. The van der Waals surface area contributed by atoms with E-state index in [0.717, 1.165) is 5.56 Å². The van der Waals surface area contributed by atoms with Crippen LogP contribution in [0.15, 0.2) is 35.5 Å². The van der Waals surface area contributed by atoms with Gasteiger partial charge in [-0.1, -0.05) is 56.3 Å². The van der Waals surface area contributed by atoms with E-state index in [4.69, 9.17) is 15.9 Å². The largest absolute Gasteiger partial charge is 0.411 e. The number of oxime groups is 1. The second-order valence-corrected chi connectivity index (χ2v) is 5.04. The summed E-state index contributed by atoms with van der Waals surface area (Å²) < 4.78 is 0. The fourth-order valence-electron chi connectivity index (χ4n) is 1.58.